The molecule has 0 unspecified atom stereocenters. The molecule has 0 N–H and O–H groups in total. The molecule has 1 aromatic rings. The van der Waals surface area contributed by atoms with Gasteiger partial charge in [-0.2, -0.15) is 0 Å². The topological polar surface area (TPSA) is 57.5 Å². The minimum Gasteiger partial charge on any atom is -0.466 e. The zero-order valence-electron chi connectivity index (χ0n) is 10.4. The van der Waals surface area contributed by atoms with E-state index in [1.807, 2.05) is 0 Å². The lowest BCUT2D eigenvalue weighted by Crippen LogP contribution is -2.25. The van der Waals surface area contributed by atoms with E-state index < -0.39 is 18.0 Å². The maximum atomic E-state index is 11.9. The number of ether oxygens (including phenoxy) is 2. The number of aromatic nitrogens is 1. The summed E-state index contributed by atoms with van der Waals surface area (Å²) in [6.45, 7) is 4.02. The Morgan fingerprint density at radius 3 is 2.50 bits per heavy atom. The van der Waals surface area contributed by atoms with Gasteiger partial charge in [0.25, 0.3) is 0 Å². The summed E-state index contributed by atoms with van der Waals surface area (Å²) in [5.74, 6) is -0.862. The van der Waals surface area contributed by atoms with E-state index in [-0.39, 0.29) is 13.0 Å². The zero-order valence-corrected chi connectivity index (χ0v) is 12.0. The van der Waals surface area contributed by atoms with E-state index in [0.717, 1.165) is 0 Å². The first-order valence-electron chi connectivity index (χ1n) is 5.74. The number of rotatable bonds is 6. The summed E-state index contributed by atoms with van der Waals surface area (Å²) in [4.78, 5) is 23.4. The lowest BCUT2D eigenvalue weighted by Gasteiger charge is -2.17. The fourth-order valence-electron chi connectivity index (χ4n) is 1.54. The molecular formula is C12H16BrNO4. The van der Waals surface area contributed by atoms with E-state index >= 15 is 0 Å². The number of hydrogen-bond donors (Lipinski definition) is 0. The minimum absolute atomic E-state index is 0.0417. The Hall–Kier alpha value is -1.30. The fraction of sp³-hybridized carbons (Fsp3) is 0.500. The van der Waals surface area contributed by atoms with E-state index in [2.05, 4.69) is 15.9 Å². The van der Waals surface area contributed by atoms with Crippen LogP contribution in [0, 0.1) is 0 Å². The molecule has 0 aliphatic heterocycles. The molecule has 1 atom stereocenters. The number of carbonyl (C=O) groups is 2. The molecule has 0 saturated carbocycles. The third-order valence-corrected chi connectivity index (χ3v) is 2.96. The van der Waals surface area contributed by atoms with Gasteiger partial charge in [0.1, 0.15) is 6.04 Å². The molecule has 0 fully saturated rings. The van der Waals surface area contributed by atoms with E-state index in [9.17, 15) is 9.59 Å². The van der Waals surface area contributed by atoms with Crippen molar-refractivity contribution in [3.05, 3.63) is 22.9 Å². The van der Waals surface area contributed by atoms with E-state index in [1.165, 1.54) is 0 Å². The monoisotopic (exact) mass is 317 g/mol. The van der Waals surface area contributed by atoms with Crippen molar-refractivity contribution in [1.29, 1.82) is 0 Å². The standard InChI is InChI=1S/C12H16BrNO4/c1-3-17-11(15)8-9(12(16)18-4-2)14-7-5-6-10(14)13/h5-7,9H,3-4,8H2,1-2H3/t9-/m0/s1. The van der Waals surface area contributed by atoms with Crippen LogP contribution in [0.5, 0.6) is 0 Å². The molecule has 0 amide bonds. The number of esters is 2. The molecular weight excluding hydrogens is 302 g/mol. The second-order valence-electron chi connectivity index (χ2n) is 3.52. The highest BCUT2D eigenvalue weighted by Crippen LogP contribution is 2.22. The van der Waals surface area contributed by atoms with Gasteiger partial charge in [-0.3, -0.25) is 4.79 Å². The average Bonchev–Trinajstić information content (AvgIpc) is 2.73. The van der Waals surface area contributed by atoms with Crippen LogP contribution in [0.3, 0.4) is 0 Å². The molecule has 0 spiro atoms. The predicted octanol–water partition coefficient (Wildman–Crippen LogP) is 2.31. The largest absolute Gasteiger partial charge is 0.466 e. The highest BCUT2D eigenvalue weighted by atomic mass is 79.9. The maximum absolute atomic E-state index is 11.9. The summed E-state index contributed by atoms with van der Waals surface area (Å²) in [5.41, 5.74) is 0. The Morgan fingerprint density at radius 2 is 2.00 bits per heavy atom. The van der Waals surface area contributed by atoms with Gasteiger partial charge in [0.15, 0.2) is 0 Å². The molecule has 1 rings (SSSR count). The number of nitrogens with zero attached hydrogens (tertiary/aromatic N) is 1. The first-order chi connectivity index (χ1) is 8.60. The van der Waals surface area contributed by atoms with Crippen LogP contribution in [0.4, 0.5) is 0 Å². The molecule has 0 saturated heterocycles. The van der Waals surface area contributed by atoms with Crippen molar-refractivity contribution in [2.45, 2.75) is 26.3 Å². The average molecular weight is 318 g/mol. The van der Waals surface area contributed by atoms with Gasteiger partial charge >= 0.3 is 11.9 Å². The molecule has 0 aromatic carbocycles. The van der Waals surface area contributed by atoms with Gasteiger partial charge in [-0.25, -0.2) is 4.79 Å². The Morgan fingerprint density at radius 1 is 1.33 bits per heavy atom. The van der Waals surface area contributed by atoms with Crippen molar-refractivity contribution in [3.8, 4) is 0 Å². The van der Waals surface area contributed by atoms with Crippen LogP contribution < -0.4 is 0 Å². The third kappa shape index (κ3) is 3.87. The quantitative estimate of drug-likeness (QED) is 0.755. The van der Waals surface area contributed by atoms with Crippen molar-refractivity contribution in [2.75, 3.05) is 13.2 Å². The summed E-state index contributed by atoms with van der Waals surface area (Å²) in [6, 6.07) is 2.87. The maximum Gasteiger partial charge on any atom is 0.329 e. The highest BCUT2D eigenvalue weighted by Gasteiger charge is 2.26. The number of halogens is 1. The first-order valence-corrected chi connectivity index (χ1v) is 6.54. The molecule has 6 heteroatoms. The van der Waals surface area contributed by atoms with Crippen LogP contribution in [0.15, 0.2) is 22.9 Å². The van der Waals surface area contributed by atoms with Crippen LogP contribution in [-0.4, -0.2) is 29.7 Å². The van der Waals surface area contributed by atoms with Gasteiger partial charge in [-0.05, 0) is 41.9 Å². The van der Waals surface area contributed by atoms with Gasteiger partial charge in [0.2, 0.25) is 0 Å². The van der Waals surface area contributed by atoms with Crippen molar-refractivity contribution in [1.82, 2.24) is 4.57 Å². The van der Waals surface area contributed by atoms with Crippen LogP contribution in [-0.2, 0) is 19.1 Å². The van der Waals surface area contributed by atoms with Crippen LogP contribution in [0.2, 0.25) is 0 Å². The molecule has 100 valence electrons. The van der Waals surface area contributed by atoms with E-state index in [1.54, 1.807) is 36.7 Å². The number of hydrogen-bond acceptors (Lipinski definition) is 4. The Bertz CT molecular complexity index is 416. The molecule has 5 nitrogen and oxygen atoms in total. The lowest BCUT2D eigenvalue weighted by atomic mass is 10.2. The Kier molecular flexibility index (Phi) is 5.91. The van der Waals surface area contributed by atoms with E-state index in [4.69, 9.17) is 9.47 Å². The Labute approximate surface area is 114 Å². The summed E-state index contributed by atoms with van der Waals surface area (Å²) < 4.78 is 12.2. The SMILES string of the molecule is CCOC(=O)C[C@@H](C(=O)OCC)n1cccc1Br. The Balaban J connectivity index is 2.85. The number of carbonyl (C=O) groups excluding carboxylic acids is 2. The molecule has 0 radical (unpaired) electrons. The molecule has 1 heterocycles. The molecule has 1 aromatic heterocycles. The predicted molar refractivity (Wildman–Crippen MR) is 69.1 cm³/mol. The van der Waals surface area contributed by atoms with Crippen molar-refractivity contribution in [3.63, 3.8) is 0 Å². The summed E-state index contributed by atoms with van der Waals surface area (Å²) in [6.07, 6.45) is 1.67. The van der Waals surface area contributed by atoms with Gasteiger partial charge in [-0.15, -0.1) is 0 Å². The highest BCUT2D eigenvalue weighted by molar-refractivity contribution is 9.10. The second kappa shape index (κ2) is 7.20. The van der Waals surface area contributed by atoms with E-state index in [0.29, 0.717) is 11.2 Å². The van der Waals surface area contributed by atoms with Gasteiger partial charge in [0, 0.05) is 6.20 Å². The smallest absolute Gasteiger partial charge is 0.329 e. The summed E-state index contributed by atoms with van der Waals surface area (Å²) in [5, 5.41) is 0. The molecule has 0 aliphatic carbocycles. The van der Waals surface area contributed by atoms with Crippen LogP contribution in [0.25, 0.3) is 0 Å². The second-order valence-corrected chi connectivity index (χ2v) is 4.33. The molecule has 0 aliphatic rings. The van der Waals surface area contributed by atoms with Crippen LogP contribution in [0.1, 0.15) is 26.3 Å². The van der Waals surface area contributed by atoms with Gasteiger partial charge in [0.05, 0.1) is 24.2 Å². The lowest BCUT2D eigenvalue weighted by molar-refractivity contribution is -0.153. The third-order valence-electron chi connectivity index (χ3n) is 2.29. The first kappa shape index (κ1) is 14.8. The van der Waals surface area contributed by atoms with Crippen LogP contribution >= 0.6 is 15.9 Å². The summed E-state index contributed by atoms with van der Waals surface area (Å²) in [7, 11) is 0. The van der Waals surface area contributed by atoms with Crippen molar-refractivity contribution >= 4 is 27.9 Å². The molecule has 18 heavy (non-hydrogen) atoms. The normalized spacial score (nSPS) is 11.9. The molecule has 0 bridgehead atoms. The summed E-state index contributed by atoms with van der Waals surface area (Å²) >= 11 is 3.32. The van der Waals surface area contributed by atoms with Gasteiger partial charge in [-0.1, -0.05) is 0 Å². The van der Waals surface area contributed by atoms with Crippen molar-refractivity contribution < 1.29 is 19.1 Å². The van der Waals surface area contributed by atoms with Crippen molar-refractivity contribution in [2.24, 2.45) is 0 Å². The zero-order chi connectivity index (χ0) is 13.5. The van der Waals surface area contributed by atoms with Gasteiger partial charge < -0.3 is 14.0 Å². The fourth-order valence-corrected chi connectivity index (χ4v) is 2.05. The minimum atomic E-state index is -0.701.